The van der Waals surface area contributed by atoms with E-state index >= 15 is 0 Å². The van der Waals surface area contributed by atoms with Crippen LogP contribution < -0.4 is 5.73 Å². The van der Waals surface area contributed by atoms with Gasteiger partial charge >= 0.3 is 0 Å². The second kappa shape index (κ2) is 3.99. The molecule has 0 amide bonds. The van der Waals surface area contributed by atoms with Crippen molar-refractivity contribution < 1.29 is 0 Å². The summed E-state index contributed by atoms with van der Waals surface area (Å²) in [6.07, 6.45) is 8.33. The Balaban J connectivity index is 2.15. The number of nitrogens with two attached hydrogens (primary N) is 1. The maximum Gasteiger partial charge on any atom is 0.0986 e. The smallest absolute Gasteiger partial charge is 0.0986 e. The van der Waals surface area contributed by atoms with Crippen LogP contribution in [0.4, 0.5) is 0 Å². The van der Waals surface area contributed by atoms with Gasteiger partial charge < -0.3 is 5.73 Å². The Morgan fingerprint density at radius 1 is 1.50 bits per heavy atom. The first-order chi connectivity index (χ1) is 6.74. The molecule has 1 aromatic rings. The number of hydrogen-bond donors (Lipinski definition) is 1. The lowest BCUT2D eigenvalue weighted by Crippen LogP contribution is -2.15. The van der Waals surface area contributed by atoms with Crippen LogP contribution in [0.1, 0.15) is 42.5 Å². The van der Waals surface area contributed by atoms with Crippen LogP contribution in [-0.4, -0.2) is 11.5 Å². The molecule has 3 heteroatoms. The zero-order chi connectivity index (χ0) is 10.0. The fourth-order valence-corrected chi connectivity index (χ4v) is 3.34. The minimum Gasteiger partial charge on any atom is -0.330 e. The monoisotopic (exact) mass is 210 g/mol. The van der Waals surface area contributed by atoms with Crippen LogP contribution in [0.3, 0.4) is 0 Å². The molecule has 2 nitrogen and oxygen atoms in total. The second-order valence-corrected chi connectivity index (χ2v) is 5.55. The van der Waals surface area contributed by atoms with E-state index in [4.69, 9.17) is 5.73 Å². The Morgan fingerprint density at radius 3 is 2.86 bits per heavy atom. The lowest BCUT2D eigenvalue weighted by Gasteiger charge is -2.19. The maximum absolute atomic E-state index is 5.54. The van der Waals surface area contributed by atoms with Gasteiger partial charge in [-0.25, -0.2) is 4.98 Å². The standard InChI is InChI=1S/C11H18N2S/c1-11(5-2-3-6-11)10-13-8-9(14-10)4-7-12/h8H,2-7,12H2,1H3. The molecule has 1 heterocycles. The highest BCUT2D eigenvalue weighted by molar-refractivity contribution is 7.11. The van der Waals surface area contributed by atoms with Gasteiger partial charge in [0.05, 0.1) is 5.01 Å². The highest BCUT2D eigenvalue weighted by Gasteiger charge is 2.33. The highest BCUT2D eigenvalue weighted by atomic mass is 32.1. The van der Waals surface area contributed by atoms with E-state index in [0.717, 1.165) is 13.0 Å². The Morgan fingerprint density at radius 2 is 2.21 bits per heavy atom. The van der Waals surface area contributed by atoms with E-state index in [-0.39, 0.29) is 0 Å². The summed E-state index contributed by atoms with van der Waals surface area (Å²) in [4.78, 5) is 5.89. The van der Waals surface area contributed by atoms with Crippen LogP contribution in [0.5, 0.6) is 0 Å². The number of hydrogen-bond acceptors (Lipinski definition) is 3. The van der Waals surface area contributed by atoms with E-state index in [2.05, 4.69) is 11.9 Å². The van der Waals surface area contributed by atoms with Crippen molar-refractivity contribution in [2.75, 3.05) is 6.54 Å². The van der Waals surface area contributed by atoms with Gasteiger partial charge in [-0.3, -0.25) is 0 Å². The average Bonchev–Trinajstić information content (AvgIpc) is 2.75. The summed E-state index contributed by atoms with van der Waals surface area (Å²) in [5.74, 6) is 0. The molecule has 78 valence electrons. The van der Waals surface area contributed by atoms with Gasteiger partial charge in [-0.15, -0.1) is 11.3 Å². The van der Waals surface area contributed by atoms with Gasteiger partial charge in [-0.05, 0) is 25.8 Å². The predicted molar refractivity (Wildman–Crippen MR) is 60.7 cm³/mol. The topological polar surface area (TPSA) is 38.9 Å². The Hall–Kier alpha value is -0.410. The van der Waals surface area contributed by atoms with Crippen LogP contribution in [0.25, 0.3) is 0 Å². The van der Waals surface area contributed by atoms with E-state index < -0.39 is 0 Å². The van der Waals surface area contributed by atoms with Gasteiger partial charge in [0.1, 0.15) is 0 Å². The summed E-state index contributed by atoms with van der Waals surface area (Å²) in [6.45, 7) is 3.09. The van der Waals surface area contributed by atoms with Gasteiger partial charge in [-0.2, -0.15) is 0 Å². The van der Waals surface area contributed by atoms with Crippen molar-refractivity contribution in [2.24, 2.45) is 5.73 Å². The van der Waals surface area contributed by atoms with E-state index in [1.807, 2.05) is 17.5 Å². The van der Waals surface area contributed by atoms with Gasteiger partial charge in [0.2, 0.25) is 0 Å². The summed E-state index contributed by atoms with van der Waals surface area (Å²) < 4.78 is 0. The van der Waals surface area contributed by atoms with Crippen molar-refractivity contribution in [3.05, 3.63) is 16.1 Å². The zero-order valence-corrected chi connectivity index (χ0v) is 9.57. The van der Waals surface area contributed by atoms with Crippen LogP contribution in [-0.2, 0) is 11.8 Å². The molecular weight excluding hydrogens is 192 g/mol. The molecule has 2 rings (SSSR count). The summed E-state index contributed by atoms with van der Waals surface area (Å²) in [5, 5.41) is 1.33. The number of rotatable bonds is 3. The molecule has 1 aliphatic rings. The molecule has 1 aliphatic carbocycles. The fourth-order valence-electron chi connectivity index (χ4n) is 2.21. The molecule has 0 bridgehead atoms. The van der Waals surface area contributed by atoms with Crippen molar-refractivity contribution in [2.45, 2.75) is 44.4 Å². The molecule has 0 radical (unpaired) electrons. The SMILES string of the molecule is CC1(c2ncc(CCN)s2)CCCC1. The minimum atomic E-state index is 0.373. The Labute approximate surface area is 89.5 Å². The van der Waals surface area contributed by atoms with Crippen LogP contribution in [0, 0.1) is 0 Å². The van der Waals surface area contributed by atoms with E-state index in [1.54, 1.807) is 0 Å². The second-order valence-electron chi connectivity index (χ2n) is 4.44. The van der Waals surface area contributed by atoms with Crippen LogP contribution >= 0.6 is 11.3 Å². The predicted octanol–water partition coefficient (Wildman–Crippen LogP) is 2.48. The first kappa shape index (κ1) is 10.1. The normalized spacial score (nSPS) is 20.1. The third-order valence-corrected chi connectivity index (χ3v) is 4.53. The molecule has 0 saturated heterocycles. The molecule has 1 fully saturated rings. The third kappa shape index (κ3) is 1.84. The van der Waals surface area contributed by atoms with Crippen molar-refractivity contribution in [3.8, 4) is 0 Å². The first-order valence-corrected chi connectivity index (χ1v) is 6.21. The summed E-state index contributed by atoms with van der Waals surface area (Å²) in [7, 11) is 0. The first-order valence-electron chi connectivity index (χ1n) is 5.40. The van der Waals surface area contributed by atoms with E-state index in [1.165, 1.54) is 35.6 Å². The minimum absolute atomic E-state index is 0.373. The largest absolute Gasteiger partial charge is 0.330 e. The molecule has 0 spiro atoms. The molecule has 1 aromatic heterocycles. The van der Waals surface area contributed by atoms with Crippen molar-refractivity contribution >= 4 is 11.3 Å². The summed E-state index contributed by atoms with van der Waals surface area (Å²) in [5.41, 5.74) is 5.91. The average molecular weight is 210 g/mol. The summed E-state index contributed by atoms with van der Waals surface area (Å²) in [6, 6.07) is 0. The maximum atomic E-state index is 5.54. The van der Waals surface area contributed by atoms with E-state index in [0.29, 0.717) is 5.41 Å². The van der Waals surface area contributed by atoms with Crippen molar-refractivity contribution in [1.29, 1.82) is 0 Å². The van der Waals surface area contributed by atoms with Gasteiger partial charge in [0.15, 0.2) is 0 Å². The molecule has 14 heavy (non-hydrogen) atoms. The molecule has 1 saturated carbocycles. The lowest BCUT2D eigenvalue weighted by molar-refractivity contribution is 0.488. The number of thiazole rings is 1. The molecule has 0 aliphatic heterocycles. The summed E-state index contributed by atoms with van der Waals surface area (Å²) >= 11 is 1.86. The quantitative estimate of drug-likeness (QED) is 0.832. The Kier molecular flexibility index (Phi) is 2.88. The van der Waals surface area contributed by atoms with E-state index in [9.17, 15) is 0 Å². The van der Waals surface area contributed by atoms with Gasteiger partial charge in [0, 0.05) is 16.5 Å². The van der Waals surface area contributed by atoms with Gasteiger partial charge in [-0.1, -0.05) is 19.8 Å². The fraction of sp³-hybridized carbons (Fsp3) is 0.727. The molecule has 0 unspecified atom stereocenters. The molecule has 0 atom stereocenters. The number of nitrogens with zero attached hydrogens (tertiary/aromatic N) is 1. The highest BCUT2D eigenvalue weighted by Crippen LogP contribution is 2.42. The molecular formula is C11H18N2S. The number of aromatic nitrogens is 1. The lowest BCUT2D eigenvalue weighted by atomic mass is 9.90. The van der Waals surface area contributed by atoms with Crippen LogP contribution in [0.15, 0.2) is 6.20 Å². The third-order valence-electron chi connectivity index (χ3n) is 3.17. The van der Waals surface area contributed by atoms with Crippen molar-refractivity contribution in [3.63, 3.8) is 0 Å². The zero-order valence-electron chi connectivity index (χ0n) is 8.75. The van der Waals surface area contributed by atoms with Crippen LogP contribution in [0.2, 0.25) is 0 Å². The van der Waals surface area contributed by atoms with Crippen molar-refractivity contribution in [1.82, 2.24) is 4.98 Å². The van der Waals surface area contributed by atoms with Gasteiger partial charge in [0.25, 0.3) is 0 Å². The molecule has 2 N–H and O–H groups in total. The Bertz CT molecular complexity index is 300. The molecule has 0 aromatic carbocycles.